The van der Waals surface area contributed by atoms with Gasteiger partial charge in [-0.15, -0.1) is 0 Å². The number of hydrogen-bond donors (Lipinski definition) is 2. The highest BCUT2D eigenvalue weighted by Gasteiger charge is 2.16. The molecule has 31 heavy (non-hydrogen) atoms. The maximum absolute atomic E-state index is 12.8. The topological polar surface area (TPSA) is 66.4 Å². The Balaban J connectivity index is 1.42. The van der Waals surface area contributed by atoms with Crippen molar-refractivity contribution in [3.05, 3.63) is 90.0 Å². The van der Waals surface area contributed by atoms with Crippen molar-refractivity contribution in [1.82, 2.24) is 5.32 Å². The fourth-order valence-electron chi connectivity index (χ4n) is 4.40. The molecule has 0 aromatic heterocycles. The predicted molar refractivity (Wildman–Crippen MR) is 124 cm³/mol. The molecule has 0 spiro atoms. The molecule has 2 N–H and O–H groups in total. The van der Waals surface area contributed by atoms with E-state index in [1.807, 2.05) is 6.07 Å². The Morgan fingerprint density at radius 3 is 2.19 bits per heavy atom. The van der Waals surface area contributed by atoms with Gasteiger partial charge in [0.05, 0.1) is 12.5 Å². The number of amides is 1. The van der Waals surface area contributed by atoms with E-state index < -0.39 is 6.04 Å². The molecular weight excluding hydrogens is 386 g/mol. The van der Waals surface area contributed by atoms with Gasteiger partial charge >= 0.3 is 0 Å². The summed E-state index contributed by atoms with van der Waals surface area (Å²) in [6.45, 7) is 0. The zero-order chi connectivity index (χ0) is 21.4. The molecule has 0 unspecified atom stereocenters. The molecule has 5 aromatic rings. The smallest absolute Gasteiger partial charge is 0.225 e. The number of hydrogen-bond acceptors (Lipinski definition) is 3. The summed E-state index contributed by atoms with van der Waals surface area (Å²) in [7, 11) is 0. The van der Waals surface area contributed by atoms with Gasteiger partial charge in [0.25, 0.3) is 0 Å². The third-order valence-electron chi connectivity index (χ3n) is 5.87. The fourth-order valence-corrected chi connectivity index (χ4v) is 4.40. The molecule has 5 aromatic carbocycles. The molecule has 0 aliphatic rings. The molecule has 0 aliphatic heterocycles. The SMILES string of the molecule is O=C[C@H](Cc1ccc(O)cc1)NC(=O)Cc1ccc2ccc3cccc4ccc1c2c34. The first kappa shape index (κ1) is 19.1. The average molecular weight is 407 g/mol. The lowest BCUT2D eigenvalue weighted by Crippen LogP contribution is -2.38. The standard InChI is InChI=1S/C27H21NO3/c29-16-22(14-17-4-11-23(30)12-5-17)28-25(31)15-21-9-8-20-7-6-18-2-1-3-19-10-13-24(21)27(20)26(18)19/h1-13,16,22,30H,14-15H2,(H,28,31)/t22-/m0/s1. The van der Waals surface area contributed by atoms with E-state index in [1.54, 1.807) is 24.3 Å². The van der Waals surface area contributed by atoms with E-state index in [0.29, 0.717) is 6.42 Å². The van der Waals surface area contributed by atoms with Gasteiger partial charge in [-0.25, -0.2) is 0 Å². The summed E-state index contributed by atoms with van der Waals surface area (Å²) in [5.74, 6) is -0.0182. The molecule has 0 aliphatic carbocycles. The average Bonchev–Trinajstić information content (AvgIpc) is 2.79. The van der Waals surface area contributed by atoms with Gasteiger partial charge in [-0.3, -0.25) is 4.79 Å². The first-order valence-corrected chi connectivity index (χ1v) is 10.3. The molecule has 1 atom stereocenters. The van der Waals surface area contributed by atoms with Gasteiger partial charge in [0, 0.05) is 0 Å². The largest absolute Gasteiger partial charge is 0.508 e. The number of aromatic hydroxyl groups is 1. The number of benzene rings is 5. The highest BCUT2D eigenvalue weighted by Crippen LogP contribution is 2.36. The van der Waals surface area contributed by atoms with Crippen LogP contribution in [-0.2, 0) is 22.4 Å². The number of carbonyl (C=O) groups is 2. The number of rotatable bonds is 6. The van der Waals surface area contributed by atoms with Crippen molar-refractivity contribution < 1.29 is 14.7 Å². The van der Waals surface area contributed by atoms with Crippen LogP contribution in [0.3, 0.4) is 0 Å². The molecule has 0 saturated carbocycles. The van der Waals surface area contributed by atoms with Crippen LogP contribution in [0.15, 0.2) is 78.9 Å². The predicted octanol–water partition coefficient (Wildman–Crippen LogP) is 4.76. The molecule has 0 bridgehead atoms. The molecule has 152 valence electrons. The molecule has 0 fully saturated rings. The van der Waals surface area contributed by atoms with Crippen LogP contribution in [0.1, 0.15) is 11.1 Å². The van der Waals surface area contributed by atoms with Gasteiger partial charge in [0.15, 0.2) is 0 Å². The lowest BCUT2D eigenvalue weighted by atomic mass is 9.91. The van der Waals surface area contributed by atoms with Crippen molar-refractivity contribution >= 4 is 44.5 Å². The summed E-state index contributed by atoms with van der Waals surface area (Å²) >= 11 is 0. The van der Waals surface area contributed by atoms with Crippen LogP contribution >= 0.6 is 0 Å². The van der Waals surface area contributed by atoms with Gasteiger partial charge in [0.2, 0.25) is 5.91 Å². The van der Waals surface area contributed by atoms with Crippen molar-refractivity contribution in [2.45, 2.75) is 18.9 Å². The Kier molecular flexibility index (Phi) is 4.75. The van der Waals surface area contributed by atoms with Crippen LogP contribution in [0, 0.1) is 0 Å². The highest BCUT2D eigenvalue weighted by molar-refractivity contribution is 6.23. The van der Waals surface area contributed by atoms with Crippen LogP contribution in [-0.4, -0.2) is 23.3 Å². The van der Waals surface area contributed by atoms with Crippen molar-refractivity contribution in [2.75, 3.05) is 0 Å². The first-order chi connectivity index (χ1) is 15.1. The number of phenols is 1. The number of carbonyl (C=O) groups excluding carboxylic acids is 2. The minimum Gasteiger partial charge on any atom is -0.508 e. The molecule has 1 amide bonds. The van der Waals surface area contributed by atoms with Crippen molar-refractivity contribution in [3.8, 4) is 5.75 Å². The molecule has 4 heteroatoms. The molecular formula is C27H21NO3. The highest BCUT2D eigenvalue weighted by atomic mass is 16.3. The lowest BCUT2D eigenvalue weighted by molar-refractivity contribution is -0.123. The minimum absolute atomic E-state index is 0.171. The van der Waals surface area contributed by atoms with E-state index in [1.165, 1.54) is 21.5 Å². The monoisotopic (exact) mass is 407 g/mol. The van der Waals surface area contributed by atoms with Crippen LogP contribution in [0.5, 0.6) is 5.75 Å². The van der Waals surface area contributed by atoms with Crippen LogP contribution < -0.4 is 5.32 Å². The Morgan fingerprint density at radius 2 is 1.48 bits per heavy atom. The molecule has 0 saturated heterocycles. The summed E-state index contributed by atoms with van der Waals surface area (Å²) in [4.78, 5) is 24.3. The van der Waals surface area contributed by atoms with E-state index in [0.717, 1.165) is 28.2 Å². The third-order valence-corrected chi connectivity index (χ3v) is 5.87. The number of aldehydes is 1. The molecule has 0 radical (unpaired) electrons. The van der Waals surface area contributed by atoms with Gasteiger partial charge in [-0.1, -0.05) is 66.7 Å². The Hall–Kier alpha value is -3.92. The van der Waals surface area contributed by atoms with Gasteiger partial charge in [-0.05, 0) is 62.0 Å². The Labute approximate surface area is 179 Å². The second-order valence-corrected chi connectivity index (χ2v) is 7.94. The summed E-state index contributed by atoms with van der Waals surface area (Å²) < 4.78 is 0. The van der Waals surface area contributed by atoms with E-state index in [9.17, 15) is 14.7 Å². The van der Waals surface area contributed by atoms with Crippen molar-refractivity contribution in [3.63, 3.8) is 0 Å². The Bertz CT molecular complexity index is 1390. The lowest BCUT2D eigenvalue weighted by Gasteiger charge is -2.16. The summed E-state index contributed by atoms with van der Waals surface area (Å²) in [6.07, 6.45) is 1.34. The van der Waals surface area contributed by atoms with E-state index >= 15 is 0 Å². The minimum atomic E-state index is -0.614. The zero-order valence-electron chi connectivity index (χ0n) is 16.8. The summed E-state index contributed by atoms with van der Waals surface area (Å²) in [6, 6.07) is 24.8. The van der Waals surface area contributed by atoms with Crippen LogP contribution in [0.2, 0.25) is 0 Å². The summed E-state index contributed by atoms with van der Waals surface area (Å²) in [5.41, 5.74) is 1.82. The maximum atomic E-state index is 12.8. The van der Waals surface area contributed by atoms with E-state index in [2.05, 4.69) is 53.8 Å². The summed E-state index contributed by atoms with van der Waals surface area (Å²) in [5, 5.41) is 19.2. The van der Waals surface area contributed by atoms with Crippen LogP contribution in [0.25, 0.3) is 32.3 Å². The van der Waals surface area contributed by atoms with Crippen LogP contribution in [0.4, 0.5) is 0 Å². The quantitative estimate of drug-likeness (QED) is 0.315. The second kappa shape index (κ2) is 7.73. The number of phenolic OH excluding ortho intramolecular Hbond substituents is 1. The van der Waals surface area contributed by atoms with E-state index in [-0.39, 0.29) is 18.1 Å². The molecule has 0 heterocycles. The number of nitrogens with one attached hydrogen (secondary N) is 1. The van der Waals surface area contributed by atoms with E-state index in [4.69, 9.17) is 0 Å². The maximum Gasteiger partial charge on any atom is 0.225 e. The normalized spacial score (nSPS) is 12.4. The second-order valence-electron chi connectivity index (χ2n) is 7.94. The van der Waals surface area contributed by atoms with Gasteiger partial charge < -0.3 is 15.2 Å². The zero-order valence-corrected chi connectivity index (χ0v) is 16.8. The first-order valence-electron chi connectivity index (χ1n) is 10.3. The van der Waals surface area contributed by atoms with Gasteiger partial charge in [-0.2, -0.15) is 0 Å². The van der Waals surface area contributed by atoms with Gasteiger partial charge in [0.1, 0.15) is 12.0 Å². The van der Waals surface area contributed by atoms with Crippen molar-refractivity contribution in [1.29, 1.82) is 0 Å². The fraction of sp³-hybridized carbons (Fsp3) is 0.111. The Morgan fingerprint density at radius 1 is 0.839 bits per heavy atom. The molecule has 4 nitrogen and oxygen atoms in total. The van der Waals surface area contributed by atoms with Crippen molar-refractivity contribution in [2.24, 2.45) is 0 Å². The third kappa shape index (κ3) is 3.57. The molecule has 5 rings (SSSR count).